The van der Waals surface area contributed by atoms with Crippen molar-refractivity contribution in [2.24, 2.45) is 0 Å². The number of hydrogen-bond acceptors (Lipinski definition) is 2. The van der Waals surface area contributed by atoms with Gasteiger partial charge < -0.3 is 10.2 Å². The van der Waals surface area contributed by atoms with Crippen molar-refractivity contribution in [2.45, 2.75) is 129 Å². The zero-order valence-corrected chi connectivity index (χ0v) is 15.9. The van der Waals surface area contributed by atoms with Crippen molar-refractivity contribution in [2.75, 3.05) is 6.61 Å². The van der Waals surface area contributed by atoms with Gasteiger partial charge in [-0.2, -0.15) is 0 Å². The third kappa shape index (κ3) is 19.9. The van der Waals surface area contributed by atoms with Gasteiger partial charge >= 0.3 is 0 Å². The maximum Gasteiger partial charge on any atom is 0.0540 e. The second-order valence-electron chi connectivity index (χ2n) is 7.26. The molecule has 0 aliphatic heterocycles. The van der Waals surface area contributed by atoms with Crippen LogP contribution in [0.5, 0.6) is 0 Å². The van der Waals surface area contributed by atoms with Gasteiger partial charge in [-0.3, -0.25) is 0 Å². The minimum absolute atomic E-state index is 0.0905. The molecule has 0 rings (SSSR count). The molecular weight excluding hydrogens is 284 g/mol. The molecule has 1 atom stereocenters. The predicted octanol–water partition coefficient (Wildman–Crippen LogP) is 6.38. The highest BCUT2D eigenvalue weighted by molar-refractivity contribution is 4.57. The molecule has 0 radical (unpaired) electrons. The van der Waals surface area contributed by atoms with E-state index in [1.165, 1.54) is 77.0 Å². The standard InChI is InChI=1S/C21H44O2/c1-2-3-4-5-6-7-8-9-10-11-12-15-18-21(23)19-16-13-14-17-20-22/h21-23H,2-20H2,1H3. The van der Waals surface area contributed by atoms with E-state index in [1.54, 1.807) is 0 Å². The molecule has 0 fully saturated rings. The Bertz CT molecular complexity index is 206. The van der Waals surface area contributed by atoms with Crippen molar-refractivity contribution in [3.05, 3.63) is 0 Å². The van der Waals surface area contributed by atoms with Gasteiger partial charge in [0.15, 0.2) is 0 Å². The molecule has 0 amide bonds. The first-order chi connectivity index (χ1) is 11.3. The Labute approximate surface area is 146 Å². The molecule has 0 bridgehead atoms. The Kier molecular flexibility index (Phi) is 19.9. The summed E-state index contributed by atoms with van der Waals surface area (Å²) in [4.78, 5) is 0. The van der Waals surface area contributed by atoms with Crippen LogP contribution in [-0.4, -0.2) is 22.9 Å². The van der Waals surface area contributed by atoms with Crippen molar-refractivity contribution in [1.29, 1.82) is 0 Å². The summed E-state index contributed by atoms with van der Waals surface area (Å²) >= 11 is 0. The molecule has 2 heteroatoms. The summed E-state index contributed by atoms with van der Waals surface area (Å²) in [6, 6.07) is 0. The Balaban J connectivity index is 3.08. The molecule has 0 aliphatic carbocycles. The molecule has 2 N–H and O–H groups in total. The summed E-state index contributed by atoms with van der Waals surface area (Å²) in [5.41, 5.74) is 0. The molecule has 0 spiro atoms. The lowest BCUT2D eigenvalue weighted by Gasteiger charge is -2.10. The maximum absolute atomic E-state index is 9.92. The van der Waals surface area contributed by atoms with Gasteiger partial charge in [0.25, 0.3) is 0 Å². The number of aliphatic hydroxyl groups is 2. The minimum atomic E-state index is -0.0905. The summed E-state index contributed by atoms with van der Waals surface area (Å²) in [6.07, 6.45) is 22.6. The van der Waals surface area contributed by atoms with E-state index < -0.39 is 0 Å². The molecular formula is C21H44O2. The van der Waals surface area contributed by atoms with E-state index in [0.717, 1.165) is 38.5 Å². The Morgan fingerprint density at radius 2 is 0.870 bits per heavy atom. The van der Waals surface area contributed by atoms with E-state index in [4.69, 9.17) is 5.11 Å². The normalized spacial score (nSPS) is 12.7. The molecule has 1 unspecified atom stereocenters. The average molecular weight is 329 g/mol. The van der Waals surface area contributed by atoms with Gasteiger partial charge in [0.1, 0.15) is 0 Å². The average Bonchev–Trinajstić information content (AvgIpc) is 2.55. The highest BCUT2D eigenvalue weighted by Gasteiger charge is 2.03. The zero-order chi connectivity index (χ0) is 17.0. The van der Waals surface area contributed by atoms with Crippen molar-refractivity contribution in [3.63, 3.8) is 0 Å². The largest absolute Gasteiger partial charge is 0.396 e. The van der Waals surface area contributed by atoms with Gasteiger partial charge in [-0.1, -0.05) is 103 Å². The molecule has 23 heavy (non-hydrogen) atoms. The van der Waals surface area contributed by atoms with Crippen LogP contribution in [0.25, 0.3) is 0 Å². The highest BCUT2D eigenvalue weighted by atomic mass is 16.3. The highest BCUT2D eigenvalue weighted by Crippen LogP contribution is 2.14. The minimum Gasteiger partial charge on any atom is -0.396 e. The fraction of sp³-hybridized carbons (Fsp3) is 1.00. The SMILES string of the molecule is CCCCCCCCCCCCCCC(O)CCCCCCO. The van der Waals surface area contributed by atoms with Gasteiger partial charge in [-0.05, 0) is 19.3 Å². The second kappa shape index (κ2) is 20.0. The van der Waals surface area contributed by atoms with Crippen LogP contribution in [0.1, 0.15) is 122 Å². The summed E-state index contributed by atoms with van der Waals surface area (Å²) < 4.78 is 0. The first kappa shape index (κ1) is 22.9. The Morgan fingerprint density at radius 3 is 1.26 bits per heavy atom. The predicted molar refractivity (Wildman–Crippen MR) is 102 cm³/mol. The smallest absolute Gasteiger partial charge is 0.0540 e. The first-order valence-electron chi connectivity index (χ1n) is 10.6. The Morgan fingerprint density at radius 1 is 0.522 bits per heavy atom. The maximum atomic E-state index is 9.92. The monoisotopic (exact) mass is 328 g/mol. The van der Waals surface area contributed by atoms with Gasteiger partial charge in [-0.15, -0.1) is 0 Å². The lowest BCUT2D eigenvalue weighted by molar-refractivity contribution is 0.147. The van der Waals surface area contributed by atoms with Gasteiger partial charge in [0.2, 0.25) is 0 Å². The molecule has 0 aromatic rings. The molecule has 0 saturated carbocycles. The summed E-state index contributed by atoms with van der Waals surface area (Å²) in [5.74, 6) is 0. The van der Waals surface area contributed by atoms with E-state index in [2.05, 4.69) is 6.92 Å². The van der Waals surface area contributed by atoms with Crippen LogP contribution in [-0.2, 0) is 0 Å². The molecule has 0 aromatic carbocycles. The molecule has 140 valence electrons. The summed E-state index contributed by atoms with van der Waals surface area (Å²) in [7, 11) is 0. The number of unbranched alkanes of at least 4 members (excludes halogenated alkanes) is 14. The van der Waals surface area contributed by atoms with Gasteiger partial charge in [-0.25, -0.2) is 0 Å². The van der Waals surface area contributed by atoms with Crippen molar-refractivity contribution in [3.8, 4) is 0 Å². The lowest BCUT2D eigenvalue weighted by Crippen LogP contribution is -2.06. The van der Waals surface area contributed by atoms with E-state index >= 15 is 0 Å². The van der Waals surface area contributed by atoms with Crippen LogP contribution in [0.15, 0.2) is 0 Å². The lowest BCUT2D eigenvalue weighted by atomic mass is 10.0. The van der Waals surface area contributed by atoms with Crippen LogP contribution in [0.4, 0.5) is 0 Å². The van der Waals surface area contributed by atoms with Crippen LogP contribution >= 0.6 is 0 Å². The molecule has 0 heterocycles. The van der Waals surface area contributed by atoms with E-state index in [-0.39, 0.29) is 6.10 Å². The second-order valence-corrected chi connectivity index (χ2v) is 7.26. The summed E-state index contributed by atoms with van der Waals surface area (Å²) in [6.45, 7) is 2.58. The van der Waals surface area contributed by atoms with E-state index in [9.17, 15) is 5.11 Å². The van der Waals surface area contributed by atoms with Crippen LogP contribution in [0.2, 0.25) is 0 Å². The van der Waals surface area contributed by atoms with Crippen LogP contribution in [0, 0.1) is 0 Å². The molecule has 0 saturated heterocycles. The van der Waals surface area contributed by atoms with Gasteiger partial charge in [0, 0.05) is 6.61 Å². The molecule has 0 aromatic heterocycles. The van der Waals surface area contributed by atoms with Crippen molar-refractivity contribution >= 4 is 0 Å². The number of hydrogen-bond donors (Lipinski definition) is 2. The van der Waals surface area contributed by atoms with Crippen LogP contribution in [0.3, 0.4) is 0 Å². The number of rotatable bonds is 19. The fourth-order valence-electron chi connectivity index (χ4n) is 3.21. The third-order valence-electron chi connectivity index (χ3n) is 4.84. The van der Waals surface area contributed by atoms with Gasteiger partial charge in [0.05, 0.1) is 6.10 Å². The zero-order valence-electron chi connectivity index (χ0n) is 15.9. The fourth-order valence-corrected chi connectivity index (χ4v) is 3.21. The first-order valence-corrected chi connectivity index (χ1v) is 10.6. The number of aliphatic hydroxyl groups excluding tert-OH is 2. The topological polar surface area (TPSA) is 40.5 Å². The summed E-state index contributed by atoms with van der Waals surface area (Å²) in [5, 5.41) is 18.6. The van der Waals surface area contributed by atoms with Crippen molar-refractivity contribution < 1.29 is 10.2 Å². The quantitative estimate of drug-likeness (QED) is 0.270. The van der Waals surface area contributed by atoms with Crippen LogP contribution < -0.4 is 0 Å². The Hall–Kier alpha value is -0.0800. The molecule has 2 nitrogen and oxygen atoms in total. The third-order valence-corrected chi connectivity index (χ3v) is 4.84. The van der Waals surface area contributed by atoms with E-state index in [1.807, 2.05) is 0 Å². The van der Waals surface area contributed by atoms with Crippen molar-refractivity contribution in [1.82, 2.24) is 0 Å². The van der Waals surface area contributed by atoms with E-state index in [0.29, 0.717) is 6.61 Å². The molecule has 0 aliphatic rings.